The number of rotatable bonds is 6. The van der Waals surface area contributed by atoms with Crippen LogP contribution < -0.4 is 16.0 Å². The Kier molecular flexibility index (Phi) is 7.24. The van der Waals surface area contributed by atoms with E-state index in [2.05, 4.69) is 11.2 Å². The molecule has 1 saturated carbocycles. The highest BCUT2D eigenvalue weighted by Gasteiger charge is 2.64. The van der Waals surface area contributed by atoms with Gasteiger partial charge in [-0.25, -0.2) is 0 Å². The number of primary amides is 1. The average molecular weight is 587 g/mol. The number of hydrogen-bond acceptors (Lipinski definition) is 10. The van der Waals surface area contributed by atoms with Gasteiger partial charge in [0.1, 0.15) is 22.8 Å². The summed E-state index contributed by atoms with van der Waals surface area (Å²) in [6.45, 7) is 0.318. The number of phenolic OH excluding ortho intramolecular Hbond substituents is 1. The van der Waals surface area contributed by atoms with Gasteiger partial charge in [0, 0.05) is 43.4 Å². The lowest BCUT2D eigenvalue weighted by Gasteiger charge is -2.50. The number of carbonyl (C=O) groups excluding carboxylic acids is 3. The molecule has 0 heterocycles. The number of amides is 1. The van der Waals surface area contributed by atoms with Crippen LogP contribution in [0.15, 0.2) is 47.2 Å². The van der Waals surface area contributed by atoms with Gasteiger partial charge in [0.2, 0.25) is 5.78 Å². The zero-order chi connectivity index (χ0) is 31.5. The number of phenols is 1. The molecule has 7 N–H and O–H groups in total. The van der Waals surface area contributed by atoms with Crippen molar-refractivity contribution in [1.29, 1.82) is 0 Å². The number of anilines is 2. The van der Waals surface area contributed by atoms with Crippen LogP contribution in [0.2, 0.25) is 0 Å². The topological polar surface area (TPSA) is 177 Å². The van der Waals surface area contributed by atoms with Crippen molar-refractivity contribution >= 4 is 34.6 Å². The molecule has 5 rings (SSSR count). The Morgan fingerprint density at radius 3 is 2.35 bits per heavy atom. The molecule has 0 radical (unpaired) electrons. The van der Waals surface area contributed by atoms with E-state index < -0.39 is 58.0 Å². The van der Waals surface area contributed by atoms with E-state index >= 15 is 0 Å². The van der Waals surface area contributed by atoms with Crippen molar-refractivity contribution < 1.29 is 34.8 Å². The number of aromatic hydroxyl groups is 1. The zero-order valence-corrected chi connectivity index (χ0v) is 24.3. The van der Waals surface area contributed by atoms with Gasteiger partial charge >= 0.3 is 0 Å². The van der Waals surface area contributed by atoms with Gasteiger partial charge in [0.25, 0.3) is 5.91 Å². The molecule has 0 saturated heterocycles. The number of hydrogen-bond donors (Lipinski definition) is 6. The van der Waals surface area contributed by atoms with Gasteiger partial charge < -0.3 is 36.4 Å². The molecule has 3 aliphatic rings. The molecule has 0 bridgehead atoms. The second-order valence-corrected chi connectivity index (χ2v) is 11.7. The van der Waals surface area contributed by atoms with Gasteiger partial charge in [-0.3, -0.25) is 19.3 Å². The Hall–Kier alpha value is -4.79. The number of carbonyl (C=O) groups is 3. The number of nitrogens with two attached hydrogens (primary N) is 1. The van der Waals surface area contributed by atoms with Crippen molar-refractivity contribution in [2.45, 2.75) is 31.0 Å². The largest absolute Gasteiger partial charge is 0.508 e. The highest BCUT2D eigenvalue weighted by molar-refractivity contribution is 6.24. The van der Waals surface area contributed by atoms with E-state index in [9.17, 15) is 34.8 Å². The second kappa shape index (κ2) is 10.5. The normalized spacial score (nSPS) is 24.7. The third-order valence-electron chi connectivity index (χ3n) is 8.78. The molecule has 2 aromatic rings. The molecule has 43 heavy (non-hydrogen) atoms. The minimum Gasteiger partial charge on any atom is -0.508 e. The van der Waals surface area contributed by atoms with Crippen molar-refractivity contribution in [2.24, 2.45) is 17.6 Å². The Labute approximate surface area is 248 Å². The zero-order valence-electron chi connectivity index (χ0n) is 24.3. The van der Waals surface area contributed by atoms with Crippen LogP contribution in [0, 0.1) is 24.2 Å². The number of nitrogens with zero attached hydrogens (tertiary/aromatic N) is 2. The fourth-order valence-corrected chi connectivity index (χ4v) is 6.74. The minimum atomic E-state index is -2.69. The molecule has 11 heteroatoms. The molecule has 224 valence electrons. The number of terminal acetylenes is 1. The van der Waals surface area contributed by atoms with Crippen LogP contribution in [0.3, 0.4) is 0 Å². The number of ketones is 2. The van der Waals surface area contributed by atoms with E-state index in [1.165, 1.54) is 4.90 Å². The first kappa shape index (κ1) is 29.7. The Balaban J connectivity index is 1.64. The molecule has 0 spiro atoms. The van der Waals surface area contributed by atoms with Crippen molar-refractivity contribution in [3.63, 3.8) is 0 Å². The van der Waals surface area contributed by atoms with E-state index in [1.54, 1.807) is 32.3 Å². The lowest BCUT2D eigenvalue weighted by Crippen LogP contribution is -2.65. The summed E-state index contributed by atoms with van der Waals surface area (Å²) in [7, 11) is 6.75. The maximum Gasteiger partial charge on any atom is 0.255 e. The highest BCUT2D eigenvalue weighted by Crippen LogP contribution is 2.54. The van der Waals surface area contributed by atoms with Crippen molar-refractivity contribution in [1.82, 2.24) is 4.90 Å². The maximum atomic E-state index is 14.1. The van der Waals surface area contributed by atoms with E-state index in [4.69, 9.17) is 12.2 Å². The first-order valence-electron chi connectivity index (χ1n) is 13.7. The van der Waals surface area contributed by atoms with Gasteiger partial charge in [-0.15, -0.1) is 6.42 Å². The lowest BCUT2D eigenvalue weighted by atomic mass is 9.57. The van der Waals surface area contributed by atoms with Crippen molar-refractivity contribution in [3.05, 3.63) is 69.5 Å². The van der Waals surface area contributed by atoms with Gasteiger partial charge in [-0.1, -0.05) is 18.1 Å². The monoisotopic (exact) mass is 586 g/mol. The number of nitrogens with one attached hydrogen (secondary N) is 1. The summed E-state index contributed by atoms with van der Waals surface area (Å²) in [5, 5.41) is 49.1. The average Bonchev–Trinajstić information content (AvgIpc) is 2.94. The van der Waals surface area contributed by atoms with E-state index in [0.717, 1.165) is 11.1 Å². The third kappa shape index (κ3) is 4.42. The number of aliphatic hydroxyl groups excluding tert-OH is 2. The molecule has 11 nitrogen and oxygen atoms in total. The molecule has 0 aromatic heterocycles. The highest BCUT2D eigenvalue weighted by atomic mass is 16.3. The van der Waals surface area contributed by atoms with Gasteiger partial charge in [-0.2, -0.15) is 0 Å². The van der Waals surface area contributed by atoms with E-state index in [0.29, 0.717) is 23.5 Å². The molecule has 3 aliphatic carbocycles. The Morgan fingerprint density at radius 2 is 1.79 bits per heavy atom. The maximum absolute atomic E-state index is 14.1. The van der Waals surface area contributed by atoms with Crippen LogP contribution in [-0.2, 0) is 27.3 Å². The first-order valence-corrected chi connectivity index (χ1v) is 13.7. The molecular weight excluding hydrogens is 552 g/mol. The predicted octanol–water partition coefficient (Wildman–Crippen LogP) is 1.62. The van der Waals surface area contributed by atoms with E-state index in [-0.39, 0.29) is 29.7 Å². The number of benzene rings is 2. The molecule has 0 aliphatic heterocycles. The summed E-state index contributed by atoms with van der Waals surface area (Å²) in [6.07, 6.45) is 5.66. The van der Waals surface area contributed by atoms with Crippen LogP contribution in [0.5, 0.6) is 5.75 Å². The van der Waals surface area contributed by atoms with E-state index in [1.807, 2.05) is 31.1 Å². The molecular formula is C32H34N4O7. The van der Waals surface area contributed by atoms with Crippen molar-refractivity contribution in [2.75, 3.05) is 38.4 Å². The van der Waals surface area contributed by atoms with Gasteiger partial charge in [-0.05, 0) is 62.2 Å². The van der Waals surface area contributed by atoms with Crippen LogP contribution >= 0.6 is 0 Å². The number of aliphatic hydroxyl groups is 3. The smallest absolute Gasteiger partial charge is 0.255 e. The Morgan fingerprint density at radius 1 is 1.14 bits per heavy atom. The molecule has 4 atom stereocenters. The van der Waals surface area contributed by atoms with Crippen LogP contribution in [0.4, 0.5) is 11.4 Å². The standard InChI is InChI=1S/C32H34N4O7/c1-6-15-7-9-16(10-8-15)14-34-20-13-21(35(2)3)18-11-17-12-19-25(36(4)5)28(39)24(31(33)42)30(41)32(19,43)29(40)22(17)27(38)23(18)26(20)37/h1,7-10,13,17,19,25,34,37-38,41,43H,11-12,14H2,2-5H3,(H2,33,42)/t17-,19-,25-,32-/m1/s1. The molecule has 0 unspecified atom stereocenters. The SMILES string of the molecule is C#Cc1ccc(CNc2cc(N(C)C)c3c(c2O)C(O)=C2C(=O)[C@@]4(O)C(O)=C(C(N)=O)C(=O)[C@H](N(C)C)[C@H]4C[C@H]2C3)cc1. The predicted molar refractivity (Wildman–Crippen MR) is 160 cm³/mol. The van der Waals surface area contributed by atoms with Gasteiger partial charge in [0.15, 0.2) is 11.4 Å². The van der Waals surface area contributed by atoms with Crippen molar-refractivity contribution in [3.8, 4) is 18.1 Å². The second-order valence-electron chi connectivity index (χ2n) is 11.7. The summed E-state index contributed by atoms with van der Waals surface area (Å²) in [6, 6.07) is 7.91. The molecule has 1 amide bonds. The van der Waals surface area contributed by atoms with Crippen LogP contribution in [0.1, 0.15) is 28.7 Å². The fourth-order valence-electron chi connectivity index (χ4n) is 6.74. The van der Waals surface area contributed by atoms with Gasteiger partial charge in [0.05, 0.1) is 17.3 Å². The lowest BCUT2D eigenvalue weighted by molar-refractivity contribution is -0.153. The van der Waals surface area contributed by atoms with Crippen LogP contribution in [-0.4, -0.2) is 82.6 Å². The molecule has 1 fully saturated rings. The number of Topliss-reactive ketones (excluding diaryl/α,β-unsaturated/α-hetero) is 2. The summed E-state index contributed by atoms with van der Waals surface area (Å²) < 4.78 is 0. The van der Waals surface area contributed by atoms with Crippen LogP contribution in [0.25, 0.3) is 5.76 Å². The summed E-state index contributed by atoms with van der Waals surface area (Å²) in [5.74, 6) is -4.31. The quantitative estimate of drug-likeness (QED) is 0.166. The summed E-state index contributed by atoms with van der Waals surface area (Å²) in [5.41, 5.74) is 4.85. The fraction of sp³-hybridized carbons (Fsp3) is 0.344. The third-order valence-corrected chi connectivity index (χ3v) is 8.78. The first-order chi connectivity index (χ1) is 20.2. The number of fused-ring (bicyclic) bond motifs is 3. The molecule has 2 aromatic carbocycles. The summed E-state index contributed by atoms with van der Waals surface area (Å²) in [4.78, 5) is 42.9. The minimum absolute atomic E-state index is 0.0209. The summed E-state index contributed by atoms with van der Waals surface area (Å²) >= 11 is 0. The number of likely N-dealkylation sites (N-methyl/N-ethyl adjacent to an activating group) is 1. The Bertz CT molecular complexity index is 1670.